The molecular formula is C28H36Cl3N3O4S. The summed E-state index contributed by atoms with van der Waals surface area (Å²) in [5.74, 6) is -0.482. The Kier molecular flexibility index (Phi) is 11.4. The maximum absolute atomic E-state index is 13.7. The van der Waals surface area contributed by atoms with Gasteiger partial charge in [0.15, 0.2) is 0 Å². The summed E-state index contributed by atoms with van der Waals surface area (Å²) in [5.41, 5.74) is 1.67. The molecule has 1 aliphatic carbocycles. The van der Waals surface area contributed by atoms with Crippen LogP contribution in [0.15, 0.2) is 36.4 Å². The van der Waals surface area contributed by atoms with Crippen molar-refractivity contribution in [1.82, 2.24) is 10.2 Å². The summed E-state index contributed by atoms with van der Waals surface area (Å²) in [6.45, 7) is 3.76. The molecule has 1 aliphatic rings. The number of benzene rings is 2. The average Bonchev–Trinajstić information content (AvgIpc) is 3.37. The molecule has 1 fully saturated rings. The fourth-order valence-electron chi connectivity index (χ4n) is 4.99. The second-order valence-electron chi connectivity index (χ2n) is 9.96. The first-order chi connectivity index (χ1) is 18.4. The van der Waals surface area contributed by atoms with E-state index in [2.05, 4.69) is 5.32 Å². The van der Waals surface area contributed by atoms with Gasteiger partial charge in [-0.05, 0) is 62.4 Å². The predicted molar refractivity (Wildman–Crippen MR) is 159 cm³/mol. The third-order valence-corrected chi connectivity index (χ3v) is 9.44. The highest BCUT2D eigenvalue weighted by Gasteiger charge is 2.31. The van der Waals surface area contributed by atoms with Crippen molar-refractivity contribution in [3.63, 3.8) is 0 Å². The molecule has 3 rings (SSSR count). The fraction of sp³-hybridized carbons (Fsp3) is 0.500. The van der Waals surface area contributed by atoms with E-state index in [1.54, 1.807) is 43.3 Å². The lowest BCUT2D eigenvalue weighted by Gasteiger charge is -2.32. The van der Waals surface area contributed by atoms with E-state index in [1.165, 1.54) is 9.21 Å². The molecule has 7 nitrogen and oxygen atoms in total. The van der Waals surface area contributed by atoms with Crippen LogP contribution < -0.4 is 9.62 Å². The van der Waals surface area contributed by atoms with Crippen LogP contribution in [0.3, 0.4) is 0 Å². The molecule has 0 aliphatic heterocycles. The number of carbonyl (C=O) groups excluding carboxylic acids is 2. The summed E-state index contributed by atoms with van der Waals surface area (Å²) >= 11 is 19.1. The fourth-order valence-corrected chi connectivity index (χ4v) is 6.69. The predicted octanol–water partition coefficient (Wildman–Crippen LogP) is 6.37. The van der Waals surface area contributed by atoms with Gasteiger partial charge in [-0.1, -0.05) is 66.7 Å². The van der Waals surface area contributed by atoms with Gasteiger partial charge in [-0.15, -0.1) is 0 Å². The molecule has 0 bridgehead atoms. The number of anilines is 1. The van der Waals surface area contributed by atoms with Gasteiger partial charge in [-0.25, -0.2) is 8.42 Å². The first-order valence-electron chi connectivity index (χ1n) is 13.2. The number of sulfonamides is 1. The smallest absolute Gasteiger partial charge is 0.243 e. The van der Waals surface area contributed by atoms with Crippen LogP contribution in [-0.2, 0) is 26.2 Å². The van der Waals surface area contributed by atoms with E-state index in [9.17, 15) is 18.0 Å². The topological polar surface area (TPSA) is 86.8 Å². The monoisotopic (exact) mass is 615 g/mol. The number of halogens is 3. The third-order valence-electron chi connectivity index (χ3n) is 7.14. The zero-order valence-electron chi connectivity index (χ0n) is 22.6. The lowest BCUT2D eigenvalue weighted by atomic mass is 10.1. The molecule has 11 heteroatoms. The van der Waals surface area contributed by atoms with Crippen LogP contribution in [0.1, 0.15) is 63.0 Å². The van der Waals surface area contributed by atoms with Gasteiger partial charge in [0.2, 0.25) is 21.8 Å². The van der Waals surface area contributed by atoms with Crippen LogP contribution in [0.2, 0.25) is 15.1 Å². The summed E-state index contributed by atoms with van der Waals surface area (Å²) in [4.78, 5) is 28.5. The van der Waals surface area contributed by atoms with Gasteiger partial charge >= 0.3 is 0 Å². The Morgan fingerprint density at radius 3 is 2.21 bits per heavy atom. The van der Waals surface area contributed by atoms with Crippen molar-refractivity contribution >= 4 is 62.3 Å². The van der Waals surface area contributed by atoms with Crippen molar-refractivity contribution in [2.45, 2.75) is 77.4 Å². The van der Waals surface area contributed by atoms with Crippen molar-refractivity contribution in [2.75, 3.05) is 17.1 Å². The normalized spacial score (nSPS) is 14.7. The van der Waals surface area contributed by atoms with Crippen LogP contribution in [0.5, 0.6) is 0 Å². The van der Waals surface area contributed by atoms with Crippen molar-refractivity contribution in [3.8, 4) is 0 Å². The van der Waals surface area contributed by atoms with Gasteiger partial charge in [-0.2, -0.15) is 0 Å². The summed E-state index contributed by atoms with van der Waals surface area (Å²) < 4.78 is 26.5. The molecular weight excluding hydrogens is 581 g/mol. The number of nitrogens with one attached hydrogen (secondary N) is 1. The number of hydrogen-bond acceptors (Lipinski definition) is 4. The molecule has 0 aromatic heterocycles. The molecule has 0 saturated heterocycles. The van der Waals surface area contributed by atoms with E-state index in [-0.39, 0.29) is 43.8 Å². The van der Waals surface area contributed by atoms with Crippen LogP contribution >= 0.6 is 34.8 Å². The molecule has 0 unspecified atom stereocenters. The highest BCUT2D eigenvalue weighted by Crippen LogP contribution is 2.30. The van der Waals surface area contributed by atoms with Gasteiger partial charge in [-0.3, -0.25) is 13.9 Å². The Bertz CT molecular complexity index is 1260. The van der Waals surface area contributed by atoms with E-state index >= 15 is 0 Å². The first kappa shape index (κ1) is 31.5. The molecule has 0 spiro atoms. The molecule has 214 valence electrons. The van der Waals surface area contributed by atoms with E-state index in [4.69, 9.17) is 34.8 Å². The Hall–Kier alpha value is -2.00. The SMILES string of the molecule is CC[C@H](C(=O)NC1CCCC1)N(Cc1c(Cl)cccc1Cl)C(=O)CCCN(c1cccc(Cl)c1C)S(C)(=O)=O. The molecule has 2 aromatic rings. The van der Waals surface area contributed by atoms with Gasteiger partial charge in [0.1, 0.15) is 6.04 Å². The molecule has 39 heavy (non-hydrogen) atoms. The molecule has 2 amide bonds. The van der Waals surface area contributed by atoms with E-state index in [0.29, 0.717) is 38.3 Å². The maximum atomic E-state index is 13.7. The molecule has 1 N–H and O–H groups in total. The zero-order valence-corrected chi connectivity index (χ0v) is 25.6. The van der Waals surface area contributed by atoms with Crippen molar-refractivity contribution < 1.29 is 18.0 Å². The zero-order chi connectivity index (χ0) is 28.7. The van der Waals surface area contributed by atoms with E-state index in [1.807, 2.05) is 6.92 Å². The molecule has 0 radical (unpaired) electrons. The molecule has 1 saturated carbocycles. The second-order valence-corrected chi connectivity index (χ2v) is 13.1. The quantitative estimate of drug-likeness (QED) is 0.300. The Labute approximate surface area is 246 Å². The lowest BCUT2D eigenvalue weighted by molar-refractivity contribution is -0.141. The number of rotatable bonds is 12. The van der Waals surface area contributed by atoms with Crippen molar-refractivity contribution in [1.29, 1.82) is 0 Å². The summed E-state index contributed by atoms with van der Waals surface area (Å²) in [6, 6.07) is 9.59. The minimum Gasteiger partial charge on any atom is -0.352 e. The number of nitrogens with zero attached hydrogens (tertiary/aromatic N) is 2. The Morgan fingerprint density at radius 2 is 1.62 bits per heavy atom. The number of carbonyl (C=O) groups is 2. The first-order valence-corrected chi connectivity index (χ1v) is 16.2. The van der Waals surface area contributed by atoms with Crippen LogP contribution in [-0.4, -0.2) is 50.0 Å². The van der Waals surface area contributed by atoms with Crippen molar-refractivity contribution in [3.05, 3.63) is 62.6 Å². The Balaban J connectivity index is 1.82. The highest BCUT2D eigenvalue weighted by atomic mass is 35.5. The highest BCUT2D eigenvalue weighted by molar-refractivity contribution is 7.92. The summed E-state index contributed by atoms with van der Waals surface area (Å²) in [6.07, 6.45) is 5.80. The van der Waals surface area contributed by atoms with Crippen LogP contribution in [0.25, 0.3) is 0 Å². The van der Waals surface area contributed by atoms with Crippen LogP contribution in [0.4, 0.5) is 5.69 Å². The maximum Gasteiger partial charge on any atom is 0.243 e. The minimum atomic E-state index is -3.63. The molecule has 1 atom stereocenters. The second kappa shape index (κ2) is 14.1. The average molecular weight is 617 g/mol. The van der Waals surface area contributed by atoms with E-state index in [0.717, 1.165) is 31.9 Å². The lowest BCUT2D eigenvalue weighted by Crippen LogP contribution is -2.51. The molecule has 0 heterocycles. The van der Waals surface area contributed by atoms with Gasteiger partial charge in [0, 0.05) is 46.2 Å². The largest absolute Gasteiger partial charge is 0.352 e. The standard InChI is InChI=1S/C28H36Cl3N3O4S/c1-4-25(28(36)32-20-10-5-6-11-20)33(18-21-23(30)13-7-14-24(21)31)27(35)16-9-17-34(39(3,37)38)26-15-8-12-22(29)19(26)2/h7-8,12-15,20,25H,4-6,9-11,16-18H2,1-3H3,(H,32,36)/t25-/m1/s1. The van der Waals surface area contributed by atoms with Gasteiger partial charge in [0.25, 0.3) is 0 Å². The van der Waals surface area contributed by atoms with Gasteiger partial charge in [0.05, 0.1) is 11.9 Å². The van der Waals surface area contributed by atoms with Gasteiger partial charge < -0.3 is 10.2 Å². The number of hydrogen-bond donors (Lipinski definition) is 1. The number of amides is 2. The Morgan fingerprint density at radius 1 is 1.03 bits per heavy atom. The molecule has 2 aromatic carbocycles. The van der Waals surface area contributed by atoms with Crippen LogP contribution in [0, 0.1) is 6.92 Å². The van der Waals surface area contributed by atoms with E-state index < -0.39 is 16.1 Å². The van der Waals surface area contributed by atoms with Crippen molar-refractivity contribution in [2.24, 2.45) is 0 Å². The summed E-state index contributed by atoms with van der Waals surface area (Å²) in [7, 11) is -3.63. The minimum absolute atomic E-state index is 0.0287. The third kappa shape index (κ3) is 8.26. The summed E-state index contributed by atoms with van der Waals surface area (Å²) in [5, 5.41) is 4.38.